The van der Waals surface area contributed by atoms with E-state index in [9.17, 15) is 0 Å². The van der Waals surface area contributed by atoms with Gasteiger partial charge in [0.05, 0.1) is 0 Å². The summed E-state index contributed by atoms with van der Waals surface area (Å²) in [5, 5.41) is 7.83. The Bertz CT molecular complexity index is 3240. The van der Waals surface area contributed by atoms with E-state index in [1.54, 1.807) is 0 Å². The van der Waals surface area contributed by atoms with Crippen LogP contribution in [0.15, 0.2) is 206 Å². The van der Waals surface area contributed by atoms with Gasteiger partial charge < -0.3 is 0 Å². The molecule has 0 saturated heterocycles. The van der Waals surface area contributed by atoms with Crippen LogP contribution in [0.25, 0.3) is 120 Å². The van der Waals surface area contributed by atoms with Crippen molar-refractivity contribution in [3.8, 4) is 77.9 Å². The first-order valence-electron chi connectivity index (χ1n) is 19.7. The van der Waals surface area contributed by atoms with Gasteiger partial charge in [-0.3, -0.25) is 0 Å². The molecule has 0 atom stereocenters. The van der Waals surface area contributed by atoms with Crippen LogP contribution in [0.2, 0.25) is 0 Å². The Kier molecular flexibility index (Phi) is 7.20. The van der Waals surface area contributed by atoms with Gasteiger partial charge >= 0.3 is 0 Å². The Hall–Kier alpha value is -7.06. The Balaban J connectivity index is 1.28. The Morgan fingerprint density at radius 3 is 1.28 bits per heavy atom. The third kappa shape index (κ3) is 4.80. The summed E-state index contributed by atoms with van der Waals surface area (Å²) in [4.78, 5) is 0. The summed E-state index contributed by atoms with van der Waals surface area (Å²) in [6.07, 6.45) is 0. The first-order valence-corrected chi connectivity index (χ1v) is 20.5. The molecule has 0 spiro atoms. The average molecular weight is 739 g/mol. The van der Waals surface area contributed by atoms with Crippen LogP contribution in [-0.2, 0) is 0 Å². The average Bonchev–Trinajstić information content (AvgIpc) is 3.82. The minimum atomic E-state index is 1.21. The maximum atomic E-state index is 2.44. The monoisotopic (exact) mass is 738 g/mol. The third-order valence-electron chi connectivity index (χ3n) is 12.0. The fraction of sp³-hybridized carbons (Fsp3) is 0. The molecule has 0 unspecified atom stereocenters. The van der Waals surface area contributed by atoms with Gasteiger partial charge in [0.25, 0.3) is 0 Å². The van der Waals surface area contributed by atoms with E-state index in [0.29, 0.717) is 0 Å². The van der Waals surface area contributed by atoms with Crippen LogP contribution < -0.4 is 0 Å². The summed E-state index contributed by atoms with van der Waals surface area (Å²) in [6.45, 7) is 0. The van der Waals surface area contributed by atoms with Crippen molar-refractivity contribution in [1.29, 1.82) is 0 Å². The summed E-state index contributed by atoms with van der Waals surface area (Å²) >= 11 is 1.92. The number of hydrogen-bond acceptors (Lipinski definition) is 1. The van der Waals surface area contributed by atoms with Crippen molar-refractivity contribution in [2.75, 3.05) is 0 Å². The second kappa shape index (κ2) is 12.7. The molecule has 1 heteroatoms. The molecule has 0 bridgehead atoms. The van der Waals surface area contributed by atoms with Gasteiger partial charge in [0.15, 0.2) is 0 Å². The van der Waals surface area contributed by atoms with Gasteiger partial charge in [-0.15, -0.1) is 11.3 Å². The maximum Gasteiger partial charge on any atom is 0.0440 e. The van der Waals surface area contributed by atoms with E-state index in [-0.39, 0.29) is 0 Å². The predicted octanol–water partition coefficient (Wildman–Crippen LogP) is 16.3. The topological polar surface area (TPSA) is 0 Å². The van der Waals surface area contributed by atoms with Crippen LogP contribution in [0.5, 0.6) is 0 Å². The first-order chi connectivity index (χ1) is 28.3. The Morgan fingerprint density at radius 2 is 0.702 bits per heavy atom. The summed E-state index contributed by atoms with van der Waals surface area (Å²) < 4.78 is 2.67. The Labute approximate surface area is 335 Å². The van der Waals surface area contributed by atoms with Crippen LogP contribution >= 0.6 is 11.3 Å². The van der Waals surface area contributed by atoms with Gasteiger partial charge in [-0.2, -0.15) is 0 Å². The molecular formula is C56H34S. The van der Waals surface area contributed by atoms with Crippen LogP contribution in [0.3, 0.4) is 0 Å². The molecule has 0 fully saturated rings. The Morgan fingerprint density at radius 1 is 0.263 bits per heavy atom. The minimum absolute atomic E-state index is 1.21. The highest BCUT2D eigenvalue weighted by Gasteiger charge is 2.34. The number of hydrogen-bond donors (Lipinski definition) is 0. The van der Waals surface area contributed by atoms with Crippen LogP contribution in [-0.4, -0.2) is 0 Å². The predicted molar refractivity (Wildman–Crippen MR) is 246 cm³/mol. The van der Waals surface area contributed by atoms with Gasteiger partial charge in [-0.25, -0.2) is 0 Å². The van der Waals surface area contributed by atoms with Crippen LogP contribution in [0, 0.1) is 0 Å². The largest absolute Gasteiger partial charge is 0.135 e. The van der Waals surface area contributed by atoms with Gasteiger partial charge in [0.1, 0.15) is 0 Å². The molecule has 1 aliphatic rings. The zero-order chi connectivity index (χ0) is 37.5. The van der Waals surface area contributed by atoms with Crippen molar-refractivity contribution in [1.82, 2.24) is 0 Å². The molecule has 264 valence electrons. The summed E-state index contributed by atoms with van der Waals surface area (Å²) in [6, 6.07) is 76.4. The van der Waals surface area contributed by atoms with E-state index in [1.165, 1.54) is 120 Å². The van der Waals surface area contributed by atoms with Crippen LogP contribution in [0.1, 0.15) is 0 Å². The lowest BCUT2D eigenvalue weighted by atomic mass is 9.76. The van der Waals surface area contributed by atoms with E-state index < -0.39 is 0 Å². The van der Waals surface area contributed by atoms with E-state index in [4.69, 9.17) is 0 Å². The second-order valence-electron chi connectivity index (χ2n) is 15.1. The first kappa shape index (κ1) is 32.2. The highest BCUT2D eigenvalue weighted by molar-refractivity contribution is 7.26. The molecule has 0 aliphatic heterocycles. The molecule has 1 aliphatic carbocycles. The van der Waals surface area contributed by atoms with Crippen molar-refractivity contribution in [3.05, 3.63) is 206 Å². The zero-order valence-electron chi connectivity index (χ0n) is 31.0. The highest BCUT2D eigenvalue weighted by atomic mass is 32.1. The molecule has 1 aromatic heterocycles. The molecule has 11 aromatic rings. The number of rotatable bonds is 5. The maximum absolute atomic E-state index is 2.44. The summed E-state index contributed by atoms with van der Waals surface area (Å²) in [5.41, 5.74) is 17.7. The summed E-state index contributed by atoms with van der Waals surface area (Å²) in [5.74, 6) is 0. The van der Waals surface area contributed by atoms with Crippen molar-refractivity contribution in [3.63, 3.8) is 0 Å². The van der Waals surface area contributed by atoms with Crippen molar-refractivity contribution < 1.29 is 0 Å². The molecule has 0 saturated carbocycles. The fourth-order valence-corrected chi connectivity index (χ4v) is 10.9. The van der Waals surface area contributed by atoms with E-state index in [0.717, 1.165) is 0 Å². The van der Waals surface area contributed by atoms with Crippen LogP contribution in [0.4, 0.5) is 0 Å². The van der Waals surface area contributed by atoms with Gasteiger partial charge in [-0.1, -0.05) is 194 Å². The lowest BCUT2D eigenvalue weighted by molar-refractivity contribution is 1.54. The van der Waals surface area contributed by atoms with Crippen molar-refractivity contribution in [2.45, 2.75) is 0 Å². The molecular weight excluding hydrogens is 705 g/mol. The van der Waals surface area contributed by atoms with Gasteiger partial charge in [-0.05, 0) is 106 Å². The van der Waals surface area contributed by atoms with E-state index >= 15 is 0 Å². The molecule has 0 radical (unpaired) electrons. The SMILES string of the molecule is c1ccc(-c2c(-c3ccccc3)c(-c3ccccc3)c3c(c2-c2ccccc2)-c2cccc4c(-c5c6ccccc6cc6c5sc5ccccc56)ccc-3c24)cc1. The van der Waals surface area contributed by atoms with Crippen molar-refractivity contribution >= 4 is 53.1 Å². The third-order valence-corrected chi connectivity index (χ3v) is 13.2. The molecule has 1 heterocycles. The highest BCUT2D eigenvalue weighted by Crippen LogP contribution is 2.61. The number of fused-ring (bicyclic) bond motifs is 7. The molecule has 0 amide bonds. The minimum Gasteiger partial charge on any atom is -0.135 e. The zero-order valence-corrected chi connectivity index (χ0v) is 31.9. The van der Waals surface area contributed by atoms with Crippen molar-refractivity contribution in [2.24, 2.45) is 0 Å². The van der Waals surface area contributed by atoms with E-state index in [1.807, 2.05) is 11.3 Å². The lowest BCUT2D eigenvalue weighted by Gasteiger charge is -2.26. The smallest absolute Gasteiger partial charge is 0.0440 e. The number of benzene rings is 10. The molecule has 57 heavy (non-hydrogen) atoms. The lowest BCUT2D eigenvalue weighted by Crippen LogP contribution is -1.99. The molecule has 0 N–H and O–H groups in total. The standard InChI is InChI=1S/C56H34S/c1-5-18-35(19-6-1)48-49(36-20-7-2-8-21-36)51(38-24-11-4-12-25-38)55-45-33-32-43(42-29-17-30-44(52(42)45)54(55)50(48)37-22-9-3-10-23-37)53-40-27-14-13-26-39(40)34-46-41-28-15-16-31-47(41)57-56(46)53/h1-34H. The summed E-state index contributed by atoms with van der Waals surface area (Å²) in [7, 11) is 0. The molecule has 0 nitrogen and oxygen atoms in total. The normalized spacial score (nSPS) is 11.9. The fourth-order valence-electron chi connectivity index (χ4n) is 9.69. The molecule has 12 rings (SSSR count). The van der Waals surface area contributed by atoms with Gasteiger partial charge in [0.2, 0.25) is 0 Å². The molecule has 10 aromatic carbocycles. The second-order valence-corrected chi connectivity index (χ2v) is 16.1. The quantitative estimate of drug-likeness (QED) is 0.165. The number of thiophene rings is 1. The van der Waals surface area contributed by atoms with Gasteiger partial charge in [0, 0.05) is 25.7 Å². The van der Waals surface area contributed by atoms with E-state index in [2.05, 4.69) is 206 Å².